The molecule has 1 rings (SSSR count). The highest BCUT2D eigenvalue weighted by Gasteiger charge is 2.06. The van der Waals surface area contributed by atoms with Crippen molar-refractivity contribution in [2.24, 2.45) is 0 Å². The van der Waals surface area contributed by atoms with Crippen molar-refractivity contribution >= 4 is 18.3 Å². The SMILES string of the molecule is CCCNCCNC(=O)Cc1ccccc1F.Cl. The maximum Gasteiger partial charge on any atom is 0.224 e. The van der Waals surface area contributed by atoms with E-state index in [4.69, 9.17) is 0 Å². The monoisotopic (exact) mass is 274 g/mol. The van der Waals surface area contributed by atoms with Crippen LogP contribution >= 0.6 is 12.4 Å². The molecule has 3 nitrogen and oxygen atoms in total. The maximum absolute atomic E-state index is 13.2. The zero-order valence-electron chi connectivity index (χ0n) is 10.5. The molecule has 0 saturated heterocycles. The van der Waals surface area contributed by atoms with Crippen LogP contribution in [-0.4, -0.2) is 25.5 Å². The van der Waals surface area contributed by atoms with Crippen molar-refractivity contribution in [2.75, 3.05) is 19.6 Å². The zero-order valence-corrected chi connectivity index (χ0v) is 11.4. The van der Waals surface area contributed by atoms with Crippen molar-refractivity contribution in [3.63, 3.8) is 0 Å². The molecular weight excluding hydrogens is 255 g/mol. The highest BCUT2D eigenvalue weighted by atomic mass is 35.5. The van der Waals surface area contributed by atoms with Gasteiger partial charge in [-0.05, 0) is 24.6 Å². The molecule has 0 heterocycles. The van der Waals surface area contributed by atoms with Crippen LogP contribution < -0.4 is 10.6 Å². The van der Waals surface area contributed by atoms with Crippen LogP contribution in [0.1, 0.15) is 18.9 Å². The number of carbonyl (C=O) groups excluding carboxylic acids is 1. The van der Waals surface area contributed by atoms with E-state index in [1.807, 2.05) is 0 Å². The van der Waals surface area contributed by atoms with Crippen LogP contribution in [-0.2, 0) is 11.2 Å². The van der Waals surface area contributed by atoms with Gasteiger partial charge in [0.15, 0.2) is 0 Å². The standard InChI is InChI=1S/C13H19FN2O.ClH/c1-2-7-15-8-9-16-13(17)10-11-5-3-4-6-12(11)14;/h3-6,15H,2,7-10H2,1H3,(H,16,17);1H. The van der Waals surface area contributed by atoms with Gasteiger partial charge < -0.3 is 10.6 Å². The largest absolute Gasteiger partial charge is 0.355 e. The summed E-state index contributed by atoms with van der Waals surface area (Å²) in [4.78, 5) is 11.5. The molecule has 1 amide bonds. The molecule has 0 aliphatic carbocycles. The summed E-state index contributed by atoms with van der Waals surface area (Å²) in [5.74, 6) is -0.472. The minimum Gasteiger partial charge on any atom is -0.355 e. The fourth-order valence-electron chi connectivity index (χ4n) is 1.47. The van der Waals surface area contributed by atoms with Gasteiger partial charge in [0.2, 0.25) is 5.91 Å². The number of carbonyl (C=O) groups is 1. The third-order valence-electron chi connectivity index (χ3n) is 2.36. The number of hydrogen-bond acceptors (Lipinski definition) is 2. The third-order valence-corrected chi connectivity index (χ3v) is 2.36. The van der Waals surface area contributed by atoms with Gasteiger partial charge >= 0.3 is 0 Å². The molecule has 5 heteroatoms. The maximum atomic E-state index is 13.2. The number of hydrogen-bond donors (Lipinski definition) is 2. The van der Waals surface area contributed by atoms with Crippen molar-refractivity contribution in [1.82, 2.24) is 10.6 Å². The molecule has 0 aliphatic heterocycles. The molecule has 18 heavy (non-hydrogen) atoms. The topological polar surface area (TPSA) is 41.1 Å². The molecule has 0 radical (unpaired) electrons. The summed E-state index contributed by atoms with van der Waals surface area (Å²) < 4.78 is 13.2. The molecule has 0 atom stereocenters. The van der Waals surface area contributed by atoms with Crippen LogP contribution in [0.3, 0.4) is 0 Å². The van der Waals surface area contributed by atoms with Crippen molar-refractivity contribution in [3.05, 3.63) is 35.6 Å². The molecule has 1 aromatic carbocycles. The van der Waals surface area contributed by atoms with E-state index in [1.165, 1.54) is 6.07 Å². The van der Waals surface area contributed by atoms with Gasteiger partial charge in [0.1, 0.15) is 5.82 Å². The van der Waals surface area contributed by atoms with Gasteiger partial charge in [-0.15, -0.1) is 12.4 Å². The Morgan fingerprint density at radius 3 is 2.61 bits per heavy atom. The smallest absolute Gasteiger partial charge is 0.224 e. The molecule has 0 unspecified atom stereocenters. The molecule has 0 spiro atoms. The third kappa shape index (κ3) is 6.57. The first-order valence-electron chi connectivity index (χ1n) is 5.95. The van der Waals surface area contributed by atoms with Crippen molar-refractivity contribution in [1.29, 1.82) is 0 Å². The first-order valence-corrected chi connectivity index (χ1v) is 5.95. The first-order chi connectivity index (χ1) is 8.24. The molecule has 0 fully saturated rings. The Kier molecular flexibility index (Phi) is 9.24. The van der Waals surface area contributed by atoms with E-state index in [0.29, 0.717) is 12.1 Å². The minimum atomic E-state index is -0.327. The quantitative estimate of drug-likeness (QED) is 0.746. The number of halogens is 2. The van der Waals surface area contributed by atoms with Gasteiger partial charge in [0, 0.05) is 13.1 Å². The molecule has 0 aromatic heterocycles. The van der Waals surface area contributed by atoms with Crippen molar-refractivity contribution < 1.29 is 9.18 Å². The second kappa shape index (κ2) is 9.85. The van der Waals surface area contributed by atoms with E-state index in [0.717, 1.165) is 19.5 Å². The molecular formula is C13H20ClFN2O. The predicted octanol–water partition coefficient (Wildman–Crippen LogP) is 1.91. The Morgan fingerprint density at radius 1 is 1.22 bits per heavy atom. The number of amides is 1. The number of benzene rings is 1. The van der Waals surface area contributed by atoms with Crippen LogP contribution in [0.15, 0.2) is 24.3 Å². The summed E-state index contributed by atoms with van der Waals surface area (Å²) in [5, 5.41) is 5.93. The summed E-state index contributed by atoms with van der Waals surface area (Å²) in [7, 11) is 0. The molecule has 1 aromatic rings. The van der Waals surface area contributed by atoms with Gasteiger partial charge in [0.25, 0.3) is 0 Å². The Hall–Kier alpha value is -1.13. The van der Waals surface area contributed by atoms with Crippen LogP contribution in [0, 0.1) is 5.82 Å². The van der Waals surface area contributed by atoms with E-state index in [9.17, 15) is 9.18 Å². The van der Waals surface area contributed by atoms with Gasteiger partial charge in [0.05, 0.1) is 6.42 Å². The van der Waals surface area contributed by atoms with Gasteiger partial charge in [-0.25, -0.2) is 4.39 Å². The second-order valence-corrected chi connectivity index (χ2v) is 3.87. The van der Waals surface area contributed by atoms with Gasteiger partial charge in [-0.1, -0.05) is 25.1 Å². The summed E-state index contributed by atoms with van der Waals surface area (Å²) >= 11 is 0. The van der Waals surface area contributed by atoms with E-state index >= 15 is 0 Å². The molecule has 0 aliphatic rings. The molecule has 102 valence electrons. The van der Waals surface area contributed by atoms with Crippen LogP contribution in [0.5, 0.6) is 0 Å². The molecule has 0 bridgehead atoms. The Balaban J connectivity index is 0.00000289. The van der Waals surface area contributed by atoms with E-state index < -0.39 is 0 Å². The second-order valence-electron chi connectivity index (χ2n) is 3.87. The Labute approximate surface area is 114 Å². The number of rotatable bonds is 7. The summed E-state index contributed by atoms with van der Waals surface area (Å²) in [5.41, 5.74) is 0.437. The highest BCUT2D eigenvalue weighted by Crippen LogP contribution is 2.06. The van der Waals surface area contributed by atoms with Crippen LogP contribution in [0.4, 0.5) is 4.39 Å². The van der Waals surface area contributed by atoms with Crippen LogP contribution in [0.25, 0.3) is 0 Å². The van der Waals surface area contributed by atoms with Crippen LogP contribution in [0.2, 0.25) is 0 Å². The lowest BCUT2D eigenvalue weighted by atomic mass is 10.1. The summed E-state index contributed by atoms with van der Waals surface area (Å²) in [6.45, 7) is 4.36. The van der Waals surface area contributed by atoms with E-state index in [2.05, 4.69) is 17.6 Å². The fourth-order valence-corrected chi connectivity index (χ4v) is 1.47. The highest BCUT2D eigenvalue weighted by molar-refractivity contribution is 5.85. The van der Waals surface area contributed by atoms with E-state index in [-0.39, 0.29) is 30.6 Å². The van der Waals surface area contributed by atoms with Gasteiger partial charge in [-0.3, -0.25) is 4.79 Å². The average molecular weight is 275 g/mol. The fraction of sp³-hybridized carbons (Fsp3) is 0.462. The van der Waals surface area contributed by atoms with Crippen molar-refractivity contribution in [3.8, 4) is 0 Å². The normalized spacial score (nSPS) is 9.67. The predicted molar refractivity (Wildman–Crippen MR) is 73.5 cm³/mol. The lowest BCUT2D eigenvalue weighted by Crippen LogP contribution is -2.33. The lowest BCUT2D eigenvalue weighted by molar-refractivity contribution is -0.120. The van der Waals surface area contributed by atoms with Gasteiger partial charge in [-0.2, -0.15) is 0 Å². The minimum absolute atomic E-state index is 0. The summed E-state index contributed by atoms with van der Waals surface area (Å²) in [6, 6.07) is 6.34. The Morgan fingerprint density at radius 2 is 1.94 bits per heavy atom. The molecule has 0 saturated carbocycles. The number of nitrogens with one attached hydrogen (secondary N) is 2. The zero-order chi connectivity index (χ0) is 12.5. The molecule has 2 N–H and O–H groups in total. The lowest BCUT2D eigenvalue weighted by Gasteiger charge is -2.06. The first kappa shape index (κ1) is 16.9. The van der Waals surface area contributed by atoms with E-state index in [1.54, 1.807) is 18.2 Å². The summed E-state index contributed by atoms with van der Waals surface area (Å²) in [6.07, 6.45) is 1.17. The average Bonchev–Trinajstić information content (AvgIpc) is 2.32. The Bertz CT molecular complexity index is 361. The van der Waals surface area contributed by atoms with Crippen molar-refractivity contribution in [2.45, 2.75) is 19.8 Å².